The Bertz CT molecular complexity index is 1240. The van der Waals surface area contributed by atoms with Gasteiger partial charge in [-0.05, 0) is 25.1 Å². The molecule has 0 amide bonds. The van der Waals surface area contributed by atoms with Gasteiger partial charge in [-0.25, -0.2) is 9.97 Å². The van der Waals surface area contributed by atoms with Crippen LogP contribution in [0.15, 0.2) is 54.6 Å². The van der Waals surface area contributed by atoms with Gasteiger partial charge in [-0.1, -0.05) is 53.6 Å². The van der Waals surface area contributed by atoms with E-state index in [1.165, 1.54) is 0 Å². The number of nitrogens with zero attached hydrogens (tertiary/aromatic N) is 3. The van der Waals surface area contributed by atoms with Crippen LogP contribution in [0.1, 0.15) is 21.7 Å². The fraction of sp³-hybridized carbons (Fsp3) is 0.208. The molecule has 0 aliphatic carbocycles. The van der Waals surface area contributed by atoms with Crippen molar-refractivity contribution in [3.05, 3.63) is 76.6 Å². The predicted molar refractivity (Wildman–Crippen MR) is 122 cm³/mol. The average Bonchev–Trinajstić information content (AvgIpc) is 3.22. The molecule has 2 aromatic carbocycles. The number of carbonyl (C=O) groups excluding carboxylic acids is 1. The molecule has 0 bridgehead atoms. The number of ether oxygens (including phenoxy) is 1. The SMILES string of the molecule is Cc1ccc(C(=O)c2nc3nc(-c4ccc(N5CCOCC5)cc4)c(Cl)cc3[nH]2)cc1. The van der Waals surface area contributed by atoms with Crippen LogP contribution in [0.2, 0.25) is 5.02 Å². The summed E-state index contributed by atoms with van der Waals surface area (Å²) in [7, 11) is 0. The number of anilines is 1. The number of aromatic amines is 1. The normalized spacial score (nSPS) is 14.2. The van der Waals surface area contributed by atoms with Gasteiger partial charge in [0, 0.05) is 29.9 Å². The molecule has 0 radical (unpaired) electrons. The molecule has 31 heavy (non-hydrogen) atoms. The van der Waals surface area contributed by atoms with E-state index in [2.05, 4.69) is 32.0 Å². The summed E-state index contributed by atoms with van der Waals surface area (Å²) in [5.41, 5.74) is 5.46. The van der Waals surface area contributed by atoms with Crippen molar-refractivity contribution in [2.45, 2.75) is 6.92 Å². The van der Waals surface area contributed by atoms with Gasteiger partial charge in [-0.15, -0.1) is 0 Å². The van der Waals surface area contributed by atoms with Crippen LogP contribution in [0, 0.1) is 6.92 Å². The first-order valence-electron chi connectivity index (χ1n) is 10.2. The number of H-pyrrole nitrogens is 1. The standard InChI is InChI=1S/C24H21ClN4O2/c1-15-2-4-17(5-3-15)22(30)24-26-20-14-19(25)21(27-23(20)28-24)16-6-8-18(9-7-16)29-10-12-31-13-11-29/h2-9,14H,10-13H2,1H3,(H,26,27,28). The van der Waals surface area contributed by atoms with Crippen molar-refractivity contribution in [3.63, 3.8) is 0 Å². The van der Waals surface area contributed by atoms with Crippen molar-refractivity contribution in [1.29, 1.82) is 0 Å². The largest absolute Gasteiger partial charge is 0.378 e. The Labute approximate surface area is 184 Å². The first-order chi connectivity index (χ1) is 15.1. The highest BCUT2D eigenvalue weighted by Gasteiger charge is 2.17. The van der Waals surface area contributed by atoms with Crippen LogP contribution in [-0.4, -0.2) is 47.0 Å². The van der Waals surface area contributed by atoms with Crippen LogP contribution in [-0.2, 0) is 4.74 Å². The lowest BCUT2D eigenvalue weighted by atomic mass is 10.1. The van der Waals surface area contributed by atoms with Crippen LogP contribution in [0.5, 0.6) is 0 Å². The molecule has 0 atom stereocenters. The third kappa shape index (κ3) is 3.92. The fourth-order valence-electron chi connectivity index (χ4n) is 3.72. The highest BCUT2D eigenvalue weighted by Crippen LogP contribution is 2.30. The molecule has 1 fully saturated rings. The number of halogens is 1. The summed E-state index contributed by atoms with van der Waals surface area (Å²) in [4.78, 5) is 27.2. The summed E-state index contributed by atoms with van der Waals surface area (Å²) in [6.45, 7) is 5.24. The molecule has 7 heteroatoms. The molecule has 1 aliphatic heterocycles. The van der Waals surface area contributed by atoms with E-state index in [-0.39, 0.29) is 11.6 Å². The molecule has 1 saturated heterocycles. The van der Waals surface area contributed by atoms with Gasteiger partial charge in [0.05, 0.1) is 29.4 Å². The number of ketones is 1. The van der Waals surface area contributed by atoms with Gasteiger partial charge in [-0.2, -0.15) is 0 Å². The molecule has 156 valence electrons. The number of aryl methyl sites for hydroxylation is 1. The summed E-state index contributed by atoms with van der Waals surface area (Å²) in [5, 5.41) is 0.504. The van der Waals surface area contributed by atoms with E-state index < -0.39 is 0 Å². The summed E-state index contributed by atoms with van der Waals surface area (Å²) < 4.78 is 5.42. The summed E-state index contributed by atoms with van der Waals surface area (Å²) in [6, 6.07) is 17.3. The lowest BCUT2D eigenvalue weighted by molar-refractivity contribution is 0.103. The Morgan fingerprint density at radius 3 is 2.45 bits per heavy atom. The Kier molecular flexibility index (Phi) is 5.18. The molecule has 0 unspecified atom stereocenters. The van der Waals surface area contributed by atoms with Crippen LogP contribution < -0.4 is 4.90 Å². The maximum Gasteiger partial charge on any atom is 0.228 e. The second-order valence-corrected chi connectivity index (χ2v) is 8.02. The molecule has 0 saturated carbocycles. The molecule has 1 aliphatic rings. The topological polar surface area (TPSA) is 71.1 Å². The minimum atomic E-state index is -0.175. The van der Waals surface area contributed by atoms with Gasteiger partial charge in [0.15, 0.2) is 11.5 Å². The Morgan fingerprint density at radius 1 is 1.03 bits per heavy atom. The molecular weight excluding hydrogens is 412 g/mol. The van der Waals surface area contributed by atoms with Gasteiger partial charge in [0.1, 0.15) is 0 Å². The molecule has 0 spiro atoms. The number of carbonyl (C=O) groups is 1. The minimum absolute atomic E-state index is 0.175. The number of fused-ring (bicyclic) bond motifs is 1. The van der Waals surface area contributed by atoms with Crippen molar-refractivity contribution in [2.75, 3.05) is 31.2 Å². The highest BCUT2D eigenvalue weighted by atomic mass is 35.5. The maximum absolute atomic E-state index is 12.8. The van der Waals surface area contributed by atoms with Gasteiger partial charge in [-0.3, -0.25) is 4.79 Å². The quantitative estimate of drug-likeness (QED) is 0.475. The fourth-order valence-corrected chi connectivity index (χ4v) is 3.98. The van der Waals surface area contributed by atoms with Crippen molar-refractivity contribution < 1.29 is 9.53 Å². The third-order valence-electron chi connectivity index (χ3n) is 5.47. The van der Waals surface area contributed by atoms with E-state index in [1.54, 1.807) is 18.2 Å². The van der Waals surface area contributed by atoms with E-state index in [1.807, 2.05) is 31.2 Å². The number of pyridine rings is 1. The number of morpholine rings is 1. The van der Waals surface area contributed by atoms with Crippen molar-refractivity contribution in [1.82, 2.24) is 15.0 Å². The van der Waals surface area contributed by atoms with Crippen molar-refractivity contribution in [2.24, 2.45) is 0 Å². The monoisotopic (exact) mass is 432 g/mol. The van der Waals surface area contributed by atoms with Crippen molar-refractivity contribution in [3.8, 4) is 11.3 Å². The van der Waals surface area contributed by atoms with E-state index in [0.717, 1.165) is 43.1 Å². The molecule has 3 heterocycles. The zero-order valence-corrected chi connectivity index (χ0v) is 17.8. The van der Waals surface area contributed by atoms with Crippen LogP contribution >= 0.6 is 11.6 Å². The second kappa shape index (κ2) is 8.13. The molecule has 4 aromatic rings. The second-order valence-electron chi connectivity index (χ2n) is 7.62. The number of imidazole rings is 1. The zero-order chi connectivity index (χ0) is 21.4. The van der Waals surface area contributed by atoms with Crippen LogP contribution in [0.4, 0.5) is 5.69 Å². The molecule has 5 rings (SSSR count). The highest BCUT2D eigenvalue weighted by molar-refractivity contribution is 6.33. The minimum Gasteiger partial charge on any atom is -0.378 e. The van der Waals surface area contributed by atoms with E-state index >= 15 is 0 Å². The van der Waals surface area contributed by atoms with Gasteiger partial charge in [0.25, 0.3) is 0 Å². The summed E-state index contributed by atoms with van der Waals surface area (Å²) >= 11 is 6.53. The van der Waals surface area contributed by atoms with E-state index in [0.29, 0.717) is 27.4 Å². The number of aromatic nitrogens is 3. The number of hydrogen-bond donors (Lipinski definition) is 1. The van der Waals surface area contributed by atoms with Gasteiger partial charge in [0.2, 0.25) is 5.78 Å². The first kappa shape index (κ1) is 19.7. The van der Waals surface area contributed by atoms with Crippen LogP contribution in [0.25, 0.3) is 22.4 Å². The predicted octanol–water partition coefficient (Wildman–Crippen LogP) is 4.65. The van der Waals surface area contributed by atoms with E-state index in [9.17, 15) is 4.79 Å². The van der Waals surface area contributed by atoms with Gasteiger partial charge < -0.3 is 14.6 Å². The molecule has 6 nitrogen and oxygen atoms in total. The Morgan fingerprint density at radius 2 is 1.74 bits per heavy atom. The smallest absolute Gasteiger partial charge is 0.228 e. The summed E-state index contributed by atoms with van der Waals surface area (Å²) in [6.07, 6.45) is 0. The molecule has 2 aromatic heterocycles. The van der Waals surface area contributed by atoms with Crippen molar-refractivity contribution >= 4 is 34.2 Å². The summed E-state index contributed by atoms with van der Waals surface area (Å²) in [5.74, 6) is 0.0766. The molecular formula is C24H21ClN4O2. The first-order valence-corrected chi connectivity index (χ1v) is 10.6. The van der Waals surface area contributed by atoms with E-state index in [4.69, 9.17) is 16.3 Å². The average molecular weight is 433 g/mol. The lowest BCUT2D eigenvalue weighted by Crippen LogP contribution is -2.36. The maximum atomic E-state index is 12.8. The third-order valence-corrected chi connectivity index (χ3v) is 5.76. The van der Waals surface area contributed by atoms with Crippen LogP contribution in [0.3, 0.4) is 0 Å². The number of hydrogen-bond acceptors (Lipinski definition) is 5. The Hall–Kier alpha value is -3.22. The molecule has 1 N–H and O–H groups in total. The number of rotatable bonds is 4. The lowest BCUT2D eigenvalue weighted by Gasteiger charge is -2.28. The zero-order valence-electron chi connectivity index (χ0n) is 17.1. The Balaban J connectivity index is 1.45. The number of benzene rings is 2. The van der Waals surface area contributed by atoms with Gasteiger partial charge >= 0.3 is 0 Å². The number of nitrogens with one attached hydrogen (secondary N) is 1.